The van der Waals surface area contributed by atoms with Gasteiger partial charge in [0.25, 0.3) is 0 Å². The summed E-state index contributed by atoms with van der Waals surface area (Å²) >= 11 is 1.46. The van der Waals surface area contributed by atoms with Gasteiger partial charge in [0, 0.05) is 20.1 Å². The number of nitrogens with two attached hydrogens (primary N) is 2. The highest BCUT2D eigenvalue weighted by Crippen LogP contribution is 2.25. The topological polar surface area (TPSA) is 125 Å². The van der Waals surface area contributed by atoms with Gasteiger partial charge in [-0.3, -0.25) is 4.57 Å². The van der Waals surface area contributed by atoms with E-state index >= 15 is 0 Å². The van der Waals surface area contributed by atoms with Gasteiger partial charge in [-0.2, -0.15) is 15.0 Å². The van der Waals surface area contributed by atoms with E-state index in [1.54, 1.807) is 4.90 Å². The second-order valence-electron chi connectivity index (χ2n) is 4.90. The second-order valence-corrected chi connectivity index (χ2v) is 5.84. The van der Waals surface area contributed by atoms with Gasteiger partial charge in [-0.15, -0.1) is 10.2 Å². The molecule has 0 saturated heterocycles. The number of rotatable bonds is 5. The van der Waals surface area contributed by atoms with Crippen molar-refractivity contribution in [1.29, 1.82) is 0 Å². The van der Waals surface area contributed by atoms with Crippen LogP contribution in [0.2, 0.25) is 0 Å². The zero-order valence-electron chi connectivity index (χ0n) is 12.5. The van der Waals surface area contributed by atoms with Crippen molar-refractivity contribution in [3.05, 3.63) is 5.82 Å². The summed E-state index contributed by atoms with van der Waals surface area (Å²) in [5, 5.41) is 8.70. The van der Waals surface area contributed by atoms with Gasteiger partial charge < -0.3 is 16.4 Å². The predicted molar refractivity (Wildman–Crippen MR) is 82.9 cm³/mol. The molecule has 4 N–H and O–H groups in total. The standard InChI is InChI=1S/C11H19N9S/c1-6(2)20-9(13)17-18-11(20)21-5-7-14-8(12)16-10(15-7)19(3)4/h6H,5H2,1-4H3,(H2,13,17)(H2,12,14,15,16). The summed E-state index contributed by atoms with van der Waals surface area (Å²) < 4.78 is 1.86. The molecule has 2 rings (SSSR count). The molecule has 0 aliphatic heterocycles. The smallest absolute Gasteiger partial charge is 0.229 e. The molecule has 0 aliphatic rings. The Morgan fingerprint density at radius 3 is 2.48 bits per heavy atom. The summed E-state index contributed by atoms with van der Waals surface area (Å²) in [6.07, 6.45) is 0. The lowest BCUT2D eigenvalue weighted by Crippen LogP contribution is -2.16. The highest BCUT2D eigenvalue weighted by molar-refractivity contribution is 7.98. The number of nitrogen functional groups attached to an aromatic ring is 2. The van der Waals surface area contributed by atoms with Crippen LogP contribution in [0.1, 0.15) is 25.7 Å². The van der Waals surface area contributed by atoms with Crippen molar-refractivity contribution in [1.82, 2.24) is 29.7 Å². The minimum atomic E-state index is 0.184. The maximum absolute atomic E-state index is 5.81. The molecule has 0 unspecified atom stereocenters. The largest absolute Gasteiger partial charge is 0.368 e. The van der Waals surface area contributed by atoms with E-state index in [0.717, 1.165) is 5.16 Å². The van der Waals surface area contributed by atoms with Crippen LogP contribution in [-0.4, -0.2) is 43.8 Å². The van der Waals surface area contributed by atoms with Crippen LogP contribution in [0.5, 0.6) is 0 Å². The number of anilines is 3. The molecule has 0 spiro atoms. The van der Waals surface area contributed by atoms with E-state index in [-0.39, 0.29) is 12.0 Å². The molecule has 0 aliphatic carbocycles. The van der Waals surface area contributed by atoms with Crippen LogP contribution in [0.3, 0.4) is 0 Å². The molecular weight excluding hydrogens is 290 g/mol. The van der Waals surface area contributed by atoms with Gasteiger partial charge >= 0.3 is 0 Å². The molecule has 2 aromatic rings. The maximum Gasteiger partial charge on any atom is 0.229 e. The summed E-state index contributed by atoms with van der Waals surface area (Å²) in [5.41, 5.74) is 11.5. The Labute approximate surface area is 127 Å². The van der Waals surface area contributed by atoms with Crippen LogP contribution >= 0.6 is 11.8 Å². The van der Waals surface area contributed by atoms with E-state index in [9.17, 15) is 0 Å². The Hall–Kier alpha value is -2.10. The third-order valence-corrected chi connectivity index (χ3v) is 3.56. The van der Waals surface area contributed by atoms with E-state index in [0.29, 0.717) is 23.5 Å². The molecule has 2 aromatic heterocycles. The predicted octanol–water partition coefficient (Wildman–Crippen LogP) is 0.567. The Morgan fingerprint density at radius 1 is 1.14 bits per heavy atom. The van der Waals surface area contributed by atoms with E-state index in [1.807, 2.05) is 32.5 Å². The number of hydrogen-bond acceptors (Lipinski definition) is 9. The zero-order valence-corrected chi connectivity index (χ0v) is 13.3. The van der Waals surface area contributed by atoms with Crippen molar-refractivity contribution < 1.29 is 0 Å². The first-order valence-corrected chi connectivity index (χ1v) is 7.38. The molecule has 0 amide bonds. The molecule has 9 nitrogen and oxygen atoms in total. The maximum atomic E-state index is 5.81. The van der Waals surface area contributed by atoms with Crippen LogP contribution in [-0.2, 0) is 5.75 Å². The minimum absolute atomic E-state index is 0.184. The summed E-state index contributed by atoms with van der Waals surface area (Å²) in [4.78, 5) is 14.3. The number of aromatic nitrogens is 6. The fourth-order valence-corrected chi connectivity index (χ4v) is 2.62. The Bertz CT molecular complexity index is 622. The van der Waals surface area contributed by atoms with Crippen molar-refractivity contribution >= 4 is 29.6 Å². The first-order chi connectivity index (χ1) is 9.88. The number of hydrogen-bond donors (Lipinski definition) is 2. The van der Waals surface area contributed by atoms with Gasteiger partial charge in [0.15, 0.2) is 5.16 Å². The molecule has 0 atom stereocenters. The van der Waals surface area contributed by atoms with Crippen LogP contribution in [0.4, 0.5) is 17.8 Å². The van der Waals surface area contributed by atoms with Gasteiger partial charge in [-0.1, -0.05) is 11.8 Å². The van der Waals surface area contributed by atoms with Crippen molar-refractivity contribution in [3.8, 4) is 0 Å². The van der Waals surface area contributed by atoms with E-state index < -0.39 is 0 Å². The van der Waals surface area contributed by atoms with Gasteiger partial charge in [-0.25, -0.2) is 0 Å². The van der Waals surface area contributed by atoms with Gasteiger partial charge in [0.2, 0.25) is 17.8 Å². The first-order valence-electron chi connectivity index (χ1n) is 6.39. The summed E-state index contributed by atoms with van der Waals surface area (Å²) in [7, 11) is 3.70. The van der Waals surface area contributed by atoms with E-state index in [4.69, 9.17) is 11.5 Å². The Kier molecular flexibility index (Phi) is 4.46. The summed E-state index contributed by atoms with van der Waals surface area (Å²) in [6.45, 7) is 4.05. The Morgan fingerprint density at radius 2 is 1.86 bits per heavy atom. The molecule has 2 heterocycles. The molecule has 0 saturated carbocycles. The number of thioether (sulfide) groups is 1. The van der Waals surface area contributed by atoms with Gasteiger partial charge in [0.1, 0.15) is 5.82 Å². The fourth-order valence-electron chi connectivity index (χ4n) is 1.69. The molecule has 0 bridgehead atoms. The monoisotopic (exact) mass is 309 g/mol. The average Bonchev–Trinajstić information content (AvgIpc) is 2.77. The zero-order chi connectivity index (χ0) is 15.6. The van der Waals surface area contributed by atoms with Crippen molar-refractivity contribution in [2.45, 2.75) is 30.8 Å². The summed E-state index contributed by atoms with van der Waals surface area (Å²) in [6, 6.07) is 0.184. The third-order valence-electron chi connectivity index (χ3n) is 2.62. The van der Waals surface area contributed by atoms with Crippen molar-refractivity contribution in [2.75, 3.05) is 30.5 Å². The minimum Gasteiger partial charge on any atom is -0.368 e. The van der Waals surface area contributed by atoms with E-state index in [1.165, 1.54) is 11.8 Å². The molecule has 0 radical (unpaired) electrons. The summed E-state index contributed by atoms with van der Waals surface area (Å²) in [5.74, 6) is 2.24. The lowest BCUT2D eigenvalue weighted by atomic mass is 10.4. The molecular formula is C11H19N9S. The number of nitrogens with zero attached hydrogens (tertiary/aromatic N) is 7. The molecule has 0 fully saturated rings. The highest BCUT2D eigenvalue weighted by Gasteiger charge is 2.14. The molecule has 21 heavy (non-hydrogen) atoms. The second kappa shape index (κ2) is 6.12. The third kappa shape index (κ3) is 3.51. The molecule has 10 heteroatoms. The average molecular weight is 309 g/mol. The van der Waals surface area contributed by atoms with Crippen LogP contribution < -0.4 is 16.4 Å². The van der Waals surface area contributed by atoms with Gasteiger partial charge in [-0.05, 0) is 13.8 Å². The van der Waals surface area contributed by atoms with Crippen LogP contribution in [0, 0.1) is 0 Å². The van der Waals surface area contributed by atoms with Crippen molar-refractivity contribution in [2.24, 2.45) is 0 Å². The first kappa shape index (κ1) is 15.3. The normalized spacial score (nSPS) is 11.1. The van der Waals surface area contributed by atoms with Crippen LogP contribution in [0.25, 0.3) is 0 Å². The van der Waals surface area contributed by atoms with E-state index in [2.05, 4.69) is 25.1 Å². The lowest BCUT2D eigenvalue weighted by Gasteiger charge is -2.12. The van der Waals surface area contributed by atoms with Crippen molar-refractivity contribution in [3.63, 3.8) is 0 Å². The fraction of sp³-hybridized carbons (Fsp3) is 0.545. The highest BCUT2D eigenvalue weighted by atomic mass is 32.2. The lowest BCUT2D eigenvalue weighted by molar-refractivity contribution is 0.557. The molecule has 114 valence electrons. The quantitative estimate of drug-likeness (QED) is 0.762. The van der Waals surface area contributed by atoms with Gasteiger partial charge in [0.05, 0.1) is 5.75 Å². The Balaban J connectivity index is 2.17. The van der Waals surface area contributed by atoms with Crippen LogP contribution in [0.15, 0.2) is 5.16 Å². The molecule has 0 aromatic carbocycles. The SMILES string of the molecule is CC(C)n1c(N)nnc1SCc1nc(N)nc(N(C)C)n1.